The van der Waals surface area contributed by atoms with Crippen LogP contribution in [0, 0.1) is 6.92 Å². The second-order valence-electron chi connectivity index (χ2n) is 2.75. The smallest absolute Gasteiger partial charge is 0.0586 e. The van der Waals surface area contributed by atoms with Crippen molar-refractivity contribution >= 4 is 0 Å². The maximum absolute atomic E-state index is 4.25. The molecule has 0 aromatic carbocycles. The largest absolute Gasteiger partial charge is 0.258 e. The maximum atomic E-state index is 4.25. The molecule has 0 N–H and O–H groups in total. The Kier molecular flexibility index (Phi) is 3.02. The first-order valence-corrected chi connectivity index (χ1v) is 4.10. The first-order chi connectivity index (χ1) is 5.33. The molecule has 0 saturated heterocycles. The Morgan fingerprint density at radius 2 is 2.09 bits per heavy atom. The van der Waals surface area contributed by atoms with Gasteiger partial charge in [-0.1, -0.05) is 13.3 Å². The molecule has 2 heteroatoms. The van der Waals surface area contributed by atoms with Crippen molar-refractivity contribution in [3.05, 3.63) is 23.8 Å². The van der Waals surface area contributed by atoms with E-state index in [0.29, 0.717) is 0 Å². The number of rotatable bonds is 3. The average Bonchev–Trinajstić information content (AvgIpc) is 2.04. The highest BCUT2D eigenvalue weighted by molar-refractivity contribution is 5.00. The number of aromatic nitrogens is 2. The molecule has 2 nitrogen and oxygen atoms in total. The summed E-state index contributed by atoms with van der Waals surface area (Å²) in [7, 11) is 0. The predicted molar refractivity (Wildman–Crippen MR) is 45.4 cm³/mol. The monoisotopic (exact) mass is 150 g/mol. The highest BCUT2D eigenvalue weighted by atomic mass is 14.8. The standard InChI is InChI=1S/C9H14N2/c1-3-4-5-9-7-10-8(2)6-11-9/h6-7H,3-5H2,1-2H3. The van der Waals surface area contributed by atoms with Gasteiger partial charge in [0.15, 0.2) is 0 Å². The molecule has 1 aromatic rings. The van der Waals surface area contributed by atoms with Gasteiger partial charge in [0.2, 0.25) is 0 Å². The van der Waals surface area contributed by atoms with E-state index in [9.17, 15) is 0 Å². The minimum absolute atomic E-state index is 0.991. The van der Waals surface area contributed by atoms with Crippen molar-refractivity contribution in [2.75, 3.05) is 0 Å². The lowest BCUT2D eigenvalue weighted by atomic mass is 10.2. The van der Waals surface area contributed by atoms with E-state index in [1.807, 2.05) is 19.3 Å². The topological polar surface area (TPSA) is 25.8 Å². The molecule has 0 fully saturated rings. The molecule has 60 valence electrons. The molecule has 0 saturated carbocycles. The molecule has 0 aliphatic rings. The Morgan fingerprint density at radius 3 is 2.64 bits per heavy atom. The van der Waals surface area contributed by atoms with Crippen LogP contribution >= 0.6 is 0 Å². The molecule has 1 rings (SSSR count). The van der Waals surface area contributed by atoms with E-state index in [1.54, 1.807) is 0 Å². The van der Waals surface area contributed by atoms with Gasteiger partial charge < -0.3 is 0 Å². The average molecular weight is 150 g/mol. The zero-order chi connectivity index (χ0) is 8.10. The Hall–Kier alpha value is -0.920. The van der Waals surface area contributed by atoms with Crippen LogP contribution in [0.25, 0.3) is 0 Å². The van der Waals surface area contributed by atoms with Crippen LogP contribution < -0.4 is 0 Å². The van der Waals surface area contributed by atoms with Crippen LogP contribution in [0.3, 0.4) is 0 Å². The zero-order valence-electron chi connectivity index (χ0n) is 7.17. The summed E-state index contributed by atoms with van der Waals surface area (Å²) < 4.78 is 0. The van der Waals surface area contributed by atoms with E-state index < -0.39 is 0 Å². The summed E-state index contributed by atoms with van der Waals surface area (Å²) >= 11 is 0. The van der Waals surface area contributed by atoms with Gasteiger partial charge in [-0.3, -0.25) is 9.97 Å². The summed E-state index contributed by atoms with van der Waals surface area (Å²) in [5.74, 6) is 0. The fraction of sp³-hybridized carbons (Fsp3) is 0.556. The highest BCUT2D eigenvalue weighted by Crippen LogP contribution is 1.99. The van der Waals surface area contributed by atoms with Crippen LogP contribution in [-0.2, 0) is 6.42 Å². The van der Waals surface area contributed by atoms with Crippen LogP contribution in [-0.4, -0.2) is 9.97 Å². The van der Waals surface area contributed by atoms with Crippen molar-refractivity contribution in [1.29, 1.82) is 0 Å². The van der Waals surface area contributed by atoms with Gasteiger partial charge in [-0.25, -0.2) is 0 Å². The number of hydrogen-bond donors (Lipinski definition) is 0. The van der Waals surface area contributed by atoms with Crippen molar-refractivity contribution in [3.63, 3.8) is 0 Å². The summed E-state index contributed by atoms with van der Waals surface area (Å²) in [6.07, 6.45) is 7.17. The van der Waals surface area contributed by atoms with Crippen LogP contribution in [0.5, 0.6) is 0 Å². The Balaban J connectivity index is 2.52. The molecule has 0 spiro atoms. The Bertz CT molecular complexity index is 203. The normalized spacial score (nSPS) is 10.0. The lowest BCUT2D eigenvalue weighted by Gasteiger charge is -1.97. The van der Waals surface area contributed by atoms with E-state index in [-0.39, 0.29) is 0 Å². The summed E-state index contributed by atoms with van der Waals surface area (Å²) in [5, 5.41) is 0. The summed E-state index contributed by atoms with van der Waals surface area (Å²) in [6, 6.07) is 0. The van der Waals surface area contributed by atoms with E-state index in [1.165, 1.54) is 12.8 Å². The molecule has 0 atom stereocenters. The van der Waals surface area contributed by atoms with Crippen molar-refractivity contribution in [2.45, 2.75) is 33.1 Å². The lowest BCUT2D eigenvalue weighted by molar-refractivity contribution is 0.770. The van der Waals surface area contributed by atoms with Gasteiger partial charge in [-0.05, 0) is 19.8 Å². The molecule has 0 aliphatic carbocycles. The van der Waals surface area contributed by atoms with Crippen molar-refractivity contribution in [2.24, 2.45) is 0 Å². The van der Waals surface area contributed by atoms with E-state index >= 15 is 0 Å². The zero-order valence-corrected chi connectivity index (χ0v) is 7.17. The van der Waals surface area contributed by atoms with E-state index in [2.05, 4.69) is 16.9 Å². The minimum Gasteiger partial charge on any atom is -0.258 e. The number of hydrogen-bond acceptors (Lipinski definition) is 2. The van der Waals surface area contributed by atoms with Crippen LogP contribution in [0.4, 0.5) is 0 Å². The summed E-state index contributed by atoms with van der Waals surface area (Å²) in [4.78, 5) is 8.42. The van der Waals surface area contributed by atoms with Gasteiger partial charge in [0, 0.05) is 12.4 Å². The second kappa shape index (κ2) is 4.06. The lowest BCUT2D eigenvalue weighted by Crippen LogP contribution is -1.92. The quantitative estimate of drug-likeness (QED) is 0.659. The summed E-state index contributed by atoms with van der Waals surface area (Å²) in [5.41, 5.74) is 2.10. The summed E-state index contributed by atoms with van der Waals surface area (Å²) in [6.45, 7) is 4.14. The first-order valence-electron chi connectivity index (χ1n) is 4.10. The number of unbranched alkanes of at least 4 members (excludes halogenated alkanes) is 1. The third kappa shape index (κ3) is 2.66. The molecule has 0 amide bonds. The molecule has 0 radical (unpaired) electrons. The molecular formula is C9H14N2. The third-order valence-electron chi connectivity index (χ3n) is 1.62. The molecule has 1 aromatic heterocycles. The predicted octanol–water partition coefficient (Wildman–Crippen LogP) is 2.13. The molecule has 11 heavy (non-hydrogen) atoms. The van der Waals surface area contributed by atoms with Gasteiger partial charge in [-0.2, -0.15) is 0 Å². The van der Waals surface area contributed by atoms with E-state index in [4.69, 9.17) is 0 Å². The maximum Gasteiger partial charge on any atom is 0.0586 e. The van der Waals surface area contributed by atoms with E-state index in [0.717, 1.165) is 17.8 Å². The van der Waals surface area contributed by atoms with Gasteiger partial charge in [-0.15, -0.1) is 0 Å². The Labute approximate surface area is 67.7 Å². The van der Waals surface area contributed by atoms with Gasteiger partial charge >= 0.3 is 0 Å². The molecule has 1 heterocycles. The highest BCUT2D eigenvalue weighted by Gasteiger charge is 1.92. The van der Waals surface area contributed by atoms with Crippen LogP contribution in [0.2, 0.25) is 0 Å². The van der Waals surface area contributed by atoms with Gasteiger partial charge in [0.25, 0.3) is 0 Å². The molecule has 0 aliphatic heterocycles. The number of nitrogens with zero attached hydrogens (tertiary/aromatic N) is 2. The van der Waals surface area contributed by atoms with Crippen LogP contribution in [0.1, 0.15) is 31.2 Å². The van der Waals surface area contributed by atoms with Crippen molar-refractivity contribution in [3.8, 4) is 0 Å². The van der Waals surface area contributed by atoms with Crippen LogP contribution in [0.15, 0.2) is 12.4 Å². The fourth-order valence-corrected chi connectivity index (χ4v) is 0.906. The Morgan fingerprint density at radius 1 is 1.27 bits per heavy atom. The van der Waals surface area contributed by atoms with Crippen molar-refractivity contribution < 1.29 is 0 Å². The SMILES string of the molecule is CCCCc1cnc(C)cn1. The molecule has 0 bridgehead atoms. The fourth-order valence-electron chi connectivity index (χ4n) is 0.906. The third-order valence-corrected chi connectivity index (χ3v) is 1.62. The molecular weight excluding hydrogens is 136 g/mol. The number of aryl methyl sites for hydroxylation is 2. The second-order valence-corrected chi connectivity index (χ2v) is 2.75. The molecule has 0 unspecified atom stereocenters. The first kappa shape index (κ1) is 8.18. The minimum atomic E-state index is 0.991. The van der Waals surface area contributed by atoms with Crippen molar-refractivity contribution in [1.82, 2.24) is 9.97 Å². The van der Waals surface area contributed by atoms with Gasteiger partial charge in [0.1, 0.15) is 0 Å². The van der Waals surface area contributed by atoms with Gasteiger partial charge in [0.05, 0.1) is 11.4 Å².